The highest BCUT2D eigenvalue weighted by molar-refractivity contribution is 6.06. The Morgan fingerprint density at radius 3 is 2.08 bits per heavy atom. The lowest BCUT2D eigenvalue weighted by Crippen LogP contribution is -2.32. The number of aliphatic imine (C=N–C) groups is 1. The van der Waals surface area contributed by atoms with Crippen molar-refractivity contribution in [2.45, 2.75) is 44.1 Å². The summed E-state index contributed by atoms with van der Waals surface area (Å²) >= 11 is 0. The Morgan fingerprint density at radius 2 is 1.24 bits per heavy atom. The standard InChI is InChI=1S/C56H42N2O/c1-56(2)49-19-11-10-18-45(49)47-32-39(25-28-50(47)56)40-26-29-51-48(33-40)53-54(59-51)52(57-55(58-53)36-12-4-3-5-13-36)35-22-20-34(21-23-35)42-27-24-41-30-37-14-6-7-15-38(37)31-46(41)44-17-9-8-16-43(42)44/h3-23,25-26,28-33,42,52H,24,27H2,1-2H3,(H,57,58). The molecule has 2 atom stereocenters. The van der Waals surface area contributed by atoms with E-state index < -0.39 is 0 Å². The second-order valence-corrected chi connectivity index (χ2v) is 17.1. The number of fused-ring (bicyclic) bond motifs is 10. The molecule has 12 rings (SSSR count). The van der Waals surface area contributed by atoms with Crippen molar-refractivity contribution in [3.05, 3.63) is 221 Å². The van der Waals surface area contributed by atoms with Crippen LogP contribution in [0.15, 0.2) is 185 Å². The normalized spacial score (nSPS) is 17.2. The molecule has 2 unspecified atom stereocenters. The zero-order valence-electron chi connectivity index (χ0n) is 33.2. The number of amidine groups is 1. The molecule has 0 amide bonds. The van der Waals surface area contributed by atoms with Gasteiger partial charge in [-0.2, -0.15) is 0 Å². The van der Waals surface area contributed by atoms with E-state index in [0.717, 1.165) is 57.8 Å². The van der Waals surface area contributed by atoms with Crippen molar-refractivity contribution in [2.24, 2.45) is 4.99 Å². The van der Waals surface area contributed by atoms with Crippen molar-refractivity contribution in [3.63, 3.8) is 0 Å². The second-order valence-electron chi connectivity index (χ2n) is 17.1. The number of nitrogens with one attached hydrogen (secondary N) is 1. The van der Waals surface area contributed by atoms with Gasteiger partial charge in [-0.3, -0.25) is 0 Å². The third kappa shape index (κ3) is 5.38. The quantitative estimate of drug-likeness (QED) is 0.194. The lowest BCUT2D eigenvalue weighted by Gasteiger charge is -2.25. The van der Waals surface area contributed by atoms with Crippen LogP contribution in [0.4, 0.5) is 5.69 Å². The van der Waals surface area contributed by atoms with Gasteiger partial charge in [0, 0.05) is 22.3 Å². The Labute approximate surface area is 344 Å². The van der Waals surface area contributed by atoms with Gasteiger partial charge in [-0.25, -0.2) is 4.99 Å². The highest BCUT2D eigenvalue weighted by Crippen LogP contribution is 2.50. The van der Waals surface area contributed by atoms with Crippen LogP contribution in [0.5, 0.6) is 0 Å². The topological polar surface area (TPSA) is 37.5 Å². The first kappa shape index (κ1) is 34.1. The van der Waals surface area contributed by atoms with Gasteiger partial charge in [0.1, 0.15) is 23.1 Å². The van der Waals surface area contributed by atoms with Crippen LogP contribution in [0.1, 0.15) is 76.9 Å². The highest BCUT2D eigenvalue weighted by atomic mass is 16.3. The molecule has 2 heterocycles. The van der Waals surface area contributed by atoms with E-state index in [4.69, 9.17) is 9.41 Å². The van der Waals surface area contributed by atoms with E-state index in [1.807, 2.05) is 0 Å². The zero-order chi connectivity index (χ0) is 39.2. The first-order valence-electron chi connectivity index (χ1n) is 20.9. The van der Waals surface area contributed by atoms with Crippen LogP contribution in [0, 0.1) is 0 Å². The minimum Gasteiger partial charge on any atom is -0.456 e. The third-order valence-electron chi connectivity index (χ3n) is 13.4. The minimum absolute atomic E-state index is 0.0254. The zero-order valence-corrected chi connectivity index (χ0v) is 33.2. The number of furan rings is 1. The van der Waals surface area contributed by atoms with Crippen molar-refractivity contribution in [1.82, 2.24) is 5.32 Å². The molecule has 8 aromatic carbocycles. The van der Waals surface area contributed by atoms with Crippen LogP contribution >= 0.6 is 0 Å². The maximum absolute atomic E-state index is 6.79. The van der Waals surface area contributed by atoms with Crippen LogP contribution in [0.2, 0.25) is 0 Å². The van der Waals surface area contributed by atoms with Gasteiger partial charge in [0.2, 0.25) is 0 Å². The molecule has 3 aliphatic rings. The molecule has 0 bridgehead atoms. The molecule has 2 aliphatic carbocycles. The number of hydrogen-bond acceptors (Lipinski definition) is 3. The number of hydrogen-bond donors (Lipinski definition) is 1. The molecule has 9 aromatic rings. The lowest BCUT2D eigenvalue weighted by atomic mass is 9.82. The average molecular weight is 759 g/mol. The molecule has 0 saturated carbocycles. The summed E-state index contributed by atoms with van der Waals surface area (Å²) in [5, 5.41) is 7.43. The molecule has 0 spiro atoms. The highest BCUT2D eigenvalue weighted by Gasteiger charge is 2.36. The fourth-order valence-electron chi connectivity index (χ4n) is 10.3. The molecular weight excluding hydrogens is 717 g/mol. The molecule has 3 nitrogen and oxygen atoms in total. The van der Waals surface area contributed by atoms with Gasteiger partial charge in [0.05, 0.1) is 0 Å². The van der Waals surface area contributed by atoms with Crippen molar-refractivity contribution in [2.75, 3.05) is 0 Å². The smallest absolute Gasteiger partial charge is 0.157 e. The van der Waals surface area contributed by atoms with Crippen LogP contribution < -0.4 is 5.32 Å². The lowest BCUT2D eigenvalue weighted by molar-refractivity contribution is 0.503. The summed E-state index contributed by atoms with van der Waals surface area (Å²) in [4.78, 5) is 5.30. The molecular formula is C56H42N2O. The Hall–Kier alpha value is -6.97. The van der Waals surface area contributed by atoms with E-state index in [-0.39, 0.29) is 17.4 Å². The first-order valence-corrected chi connectivity index (χ1v) is 20.9. The van der Waals surface area contributed by atoms with E-state index in [9.17, 15) is 0 Å². The number of benzene rings is 8. The van der Waals surface area contributed by atoms with Gasteiger partial charge in [-0.05, 0) is 115 Å². The largest absolute Gasteiger partial charge is 0.456 e. The fraction of sp³-hybridized carbons (Fsp3) is 0.125. The molecule has 59 heavy (non-hydrogen) atoms. The summed E-state index contributed by atoms with van der Waals surface area (Å²) in [6.07, 6.45) is 2.09. The van der Waals surface area contributed by atoms with Gasteiger partial charge >= 0.3 is 0 Å². The Kier molecular flexibility index (Phi) is 7.53. The SMILES string of the molecule is CC1(C)c2ccccc2-c2cc(-c3ccc4oc5c(c4c3)N=C(c3ccccc3)NC5c3ccc(C4CCc5cc6ccccc6cc5-c5ccccc54)cc3)ccc21. The van der Waals surface area contributed by atoms with Crippen molar-refractivity contribution < 1.29 is 4.42 Å². The van der Waals surface area contributed by atoms with Gasteiger partial charge in [-0.1, -0.05) is 166 Å². The molecule has 0 saturated heterocycles. The van der Waals surface area contributed by atoms with E-state index in [2.05, 4.69) is 195 Å². The molecule has 0 fully saturated rings. The minimum atomic E-state index is -0.209. The van der Waals surface area contributed by atoms with Crippen molar-refractivity contribution in [1.29, 1.82) is 0 Å². The summed E-state index contributed by atoms with van der Waals surface area (Å²) in [5.41, 5.74) is 18.5. The van der Waals surface area contributed by atoms with E-state index >= 15 is 0 Å². The number of nitrogens with zero attached hydrogens (tertiary/aromatic N) is 1. The summed E-state index contributed by atoms with van der Waals surface area (Å²) in [6.45, 7) is 4.66. The Balaban J connectivity index is 0.929. The predicted molar refractivity (Wildman–Crippen MR) is 243 cm³/mol. The van der Waals surface area contributed by atoms with E-state index in [1.54, 1.807) is 0 Å². The monoisotopic (exact) mass is 758 g/mol. The van der Waals surface area contributed by atoms with Gasteiger partial charge in [-0.15, -0.1) is 0 Å². The molecule has 1 aliphatic heterocycles. The summed E-state index contributed by atoms with van der Waals surface area (Å²) in [5.74, 6) is 1.98. The van der Waals surface area contributed by atoms with E-state index in [1.165, 1.54) is 66.4 Å². The average Bonchev–Trinajstić information content (AvgIpc) is 3.71. The second kappa shape index (κ2) is 13.0. The predicted octanol–water partition coefficient (Wildman–Crippen LogP) is 14.1. The number of rotatable bonds is 4. The summed E-state index contributed by atoms with van der Waals surface area (Å²) in [7, 11) is 0. The third-order valence-corrected chi connectivity index (χ3v) is 13.4. The van der Waals surface area contributed by atoms with Crippen molar-refractivity contribution >= 4 is 33.3 Å². The van der Waals surface area contributed by atoms with Gasteiger partial charge in [0.25, 0.3) is 0 Å². The van der Waals surface area contributed by atoms with Gasteiger partial charge in [0.15, 0.2) is 5.76 Å². The van der Waals surface area contributed by atoms with Crippen LogP contribution in [-0.2, 0) is 11.8 Å². The molecule has 1 aromatic heterocycles. The number of aryl methyl sites for hydroxylation is 1. The summed E-state index contributed by atoms with van der Waals surface area (Å²) in [6, 6.07) is 64.5. The molecule has 0 radical (unpaired) electrons. The van der Waals surface area contributed by atoms with Crippen LogP contribution in [0.25, 0.3) is 55.1 Å². The molecule has 3 heteroatoms. The van der Waals surface area contributed by atoms with E-state index in [0.29, 0.717) is 0 Å². The fourth-order valence-corrected chi connectivity index (χ4v) is 10.3. The van der Waals surface area contributed by atoms with Crippen molar-refractivity contribution in [3.8, 4) is 33.4 Å². The Bertz CT molecular complexity index is 3170. The first-order chi connectivity index (χ1) is 29.0. The Morgan fingerprint density at radius 1 is 0.559 bits per heavy atom. The van der Waals surface area contributed by atoms with Gasteiger partial charge < -0.3 is 9.73 Å². The van der Waals surface area contributed by atoms with Crippen LogP contribution in [0.3, 0.4) is 0 Å². The summed E-state index contributed by atoms with van der Waals surface area (Å²) < 4.78 is 6.79. The molecule has 1 N–H and O–H groups in total. The maximum atomic E-state index is 6.79. The maximum Gasteiger partial charge on any atom is 0.157 e. The molecule has 282 valence electrons. The van der Waals surface area contributed by atoms with Crippen LogP contribution in [-0.4, -0.2) is 5.84 Å².